The zero-order valence-corrected chi connectivity index (χ0v) is 14.1. The van der Waals surface area contributed by atoms with Crippen LogP contribution in [0.5, 0.6) is 5.75 Å². The summed E-state index contributed by atoms with van der Waals surface area (Å²) in [4.78, 5) is 37.7. The Kier molecular flexibility index (Phi) is 4.80. The zero-order valence-electron chi connectivity index (χ0n) is 14.1. The van der Waals surface area contributed by atoms with E-state index in [1.165, 1.54) is 43.5 Å². The molecule has 1 fully saturated rings. The lowest BCUT2D eigenvalue weighted by molar-refractivity contribution is -0.134. The highest BCUT2D eigenvalue weighted by atomic mass is 19.3. The van der Waals surface area contributed by atoms with E-state index in [-0.39, 0.29) is 17.2 Å². The van der Waals surface area contributed by atoms with Gasteiger partial charge in [0.1, 0.15) is 18.1 Å². The van der Waals surface area contributed by atoms with Crippen molar-refractivity contribution in [1.82, 2.24) is 10.2 Å². The van der Waals surface area contributed by atoms with Crippen LogP contribution in [0.3, 0.4) is 0 Å². The van der Waals surface area contributed by atoms with E-state index in [1.54, 1.807) is 6.07 Å². The highest BCUT2D eigenvalue weighted by Gasteiger charge is 2.51. The number of urea groups is 1. The first-order valence-corrected chi connectivity index (χ1v) is 7.83. The van der Waals surface area contributed by atoms with Gasteiger partial charge in [0.25, 0.3) is 5.91 Å². The van der Waals surface area contributed by atoms with Crippen LogP contribution in [-0.2, 0) is 15.1 Å². The third kappa shape index (κ3) is 3.59. The second-order valence-corrected chi connectivity index (χ2v) is 5.85. The Labute approximate surface area is 152 Å². The van der Waals surface area contributed by atoms with Crippen LogP contribution in [-0.4, -0.2) is 35.9 Å². The SMILES string of the molecule is C[C@@]1(c2ccco2)NC(=O)N(CC(=O)Nc2ccccc2OC(F)F)C1=O. The van der Waals surface area contributed by atoms with Crippen LogP contribution in [0, 0.1) is 0 Å². The van der Waals surface area contributed by atoms with Crippen LogP contribution < -0.4 is 15.4 Å². The van der Waals surface area contributed by atoms with Gasteiger partial charge in [-0.1, -0.05) is 12.1 Å². The molecule has 0 unspecified atom stereocenters. The smallest absolute Gasteiger partial charge is 0.387 e. The van der Waals surface area contributed by atoms with Gasteiger partial charge in [0.15, 0.2) is 5.54 Å². The number of hydrogen-bond donors (Lipinski definition) is 2. The van der Waals surface area contributed by atoms with Gasteiger partial charge in [-0.2, -0.15) is 8.78 Å². The summed E-state index contributed by atoms with van der Waals surface area (Å²) >= 11 is 0. The molecule has 2 heterocycles. The summed E-state index contributed by atoms with van der Waals surface area (Å²) in [5.74, 6) is -1.44. The minimum atomic E-state index is -3.07. The van der Waals surface area contributed by atoms with Crippen molar-refractivity contribution in [2.24, 2.45) is 0 Å². The number of ether oxygens (including phenoxy) is 1. The number of nitrogens with one attached hydrogen (secondary N) is 2. The summed E-state index contributed by atoms with van der Waals surface area (Å²) in [6.45, 7) is -2.22. The van der Waals surface area contributed by atoms with E-state index in [0.29, 0.717) is 4.90 Å². The lowest BCUT2D eigenvalue weighted by atomic mass is 9.99. The van der Waals surface area contributed by atoms with Gasteiger partial charge in [-0.25, -0.2) is 4.79 Å². The fourth-order valence-corrected chi connectivity index (χ4v) is 2.67. The van der Waals surface area contributed by atoms with E-state index >= 15 is 0 Å². The molecule has 0 radical (unpaired) electrons. The topological polar surface area (TPSA) is 101 Å². The largest absolute Gasteiger partial charge is 0.466 e. The molecule has 1 aliphatic rings. The molecule has 2 aromatic rings. The van der Waals surface area contributed by atoms with Crippen molar-refractivity contribution in [3.8, 4) is 5.75 Å². The number of furan rings is 1. The predicted molar refractivity (Wildman–Crippen MR) is 88.0 cm³/mol. The van der Waals surface area contributed by atoms with Gasteiger partial charge >= 0.3 is 12.6 Å². The summed E-state index contributed by atoms with van der Waals surface area (Å²) in [5, 5.41) is 4.83. The molecule has 4 amide bonds. The third-order valence-corrected chi connectivity index (χ3v) is 3.97. The molecule has 0 saturated carbocycles. The molecule has 1 saturated heterocycles. The van der Waals surface area contributed by atoms with Crippen molar-refractivity contribution in [2.45, 2.75) is 19.1 Å². The normalized spacial score (nSPS) is 19.3. The Morgan fingerprint density at radius 1 is 1.30 bits per heavy atom. The number of amides is 4. The molecule has 1 aromatic heterocycles. The van der Waals surface area contributed by atoms with E-state index in [2.05, 4.69) is 15.4 Å². The second-order valence-electron chi connectivity index (χ2n) is 5.85. The lowest BCUT2D eigenvalue weighted by Crippen LogP contribution is -2.41. The van der Waals surface area contributed by atoms with Gasteiger partial charge < -0.3 is 19.8 Å². The maximum Gasteiger partial charge on any atom is 0.387 e. The second kappa shape index (κ2) is 7.06. The molecule has 1 aliphatic heterocycles. The van der Waals surface area contributed by atoms with Crippen LogP contribution >= 0.6 is 0 Å². The van der Waals surface area contributed by atoms with Gasteiger partial charge in [-0.05, 0) is 31.2 Å². The first-order chi connectivity index (χ1) is 12.8. The van der Waals surface area contributed by atoms with E-state index in [0.717, 1.165) is 0 Å². The lowest BCUT2D eigenvalue weighted by Gasteiger charge is -2.19. The standard InChI is InChI=1S/C17H15F2N3O5/c1-17(12-7-4-8-26-12)14(24)22(16(25)21-17)9-13(23)20-10-5-2-3-6-11(10)27-15(18)19/h2-8,15H,9H2,1H3,(H,20,23)(H,21,25)/t17-/m0/s1. The summed E-state index contributed by atoms with van der Waals surface area (Å²) < 4.78 is 34.4. The monoisotopic (exact) mass is 379 g/mol. The maximum absolute atomic E-state index is 12.6. The molecule has 3 rings (SSSR count). The van der Waals surface area contributed by atoms with E-state index < -0.39 is 36.5 Å². The summed E-state index contributed by atoms with van der Waals surface area (Å²) in [6, 6.07) is 7.90. The molecule has 0 aliphatic carbocycles. The van der Waals surface area contributed by atoms with Crippen molar-refractivity contribution >= 4 is 23.5 Å². The number of para-hydroxylation sites is 2. The number of benzene rings is 1. The first kappa shape index (κ1) is 18.4. The van der Waals surface area contributed by atoms with E-state index in [4.69, 9.17) is 4.42 Å². The molecule has 2 N–H and O–H groups in total. The van der Waals surface area contributed by atoms with Crippen LogP contribution in [0.25, 0.3) is 0 Å². The number of anilines is 1. The molecule has 142 valence electrons. The number of imide groups is 1. The van der Waals surface area contributed by atoms with Crippen molar-refractivity contribution in [2.75, 3.05) is 11.9 Å². The van der Waals surface area contributed by atoms with Crippen molar-refractivity contribution in [3.05, 3.63) is 48.4 Å². The summed E-state index contributed by atoms with van der Waals surface area (Å²) in [5.41, 5.74) is -1.44. The molecule has 1 atom stereocenters. The van der Waals surface area contributed by atoms with Gasteiger partial charge in [0.2, 0.25) is 5.91 Å². The Balaban J connectivity index is 1.72. The van der Waals surface area contributed by atoms with Crippen LogP contribution in [0.2, 0.25) is 0 Å². The highest BCUT2D eigenvalue weighted by molar-refractivity contribution is 6.10. The van der Waals surface area contributed by atoms with Gasteiger partial charge in [0, 0.05) is 0 Å². The van der Waals surface area contributed by atoms with E-state index in [9.17, 15) is 23.2 Å². The molecule has 27 heavy (non-hydrogen) atoms. The molecule has 0 bridgehead atoms. The first-order valence-electron chi connectivity index (χ1n) is 7.83. The quantitative estimate of drug-likeness (QED) is 0.750. The van der Waals surface area contributed by atoms with Gasteiger partial charge in [-0.15, -0.1) is 0 Å². The van der Waals surface area contributed by atoms with Crippen molar-refractivity contribution in [3.63, 3.8) is 0 Å². The minimum Gasteiger partial charge on any atom is -0.466 e. The van der Waals surface area contributed by atoms with Crippen molar-refractivity contribution < 1.29 is 32.3 Å². The van der Waals surface area contributed by atoms with Crippen LogP contribution in [0.1, 0.15) is 12.7 Å². The number of hydrogen-bond acceptors (Lipinski definition) is 5. The van der Waals surface area contributed by atoms with Gasteiger partial charge in [0.05, 0.1) is 12.0 Å². The van der Waals surface area contributed by atoms with Crippen molar-refractivity contribution in [1.29, 1.82) is 0 Å². The highest BCUT2D eigenvalue weighted by Crippen LogP contribution is 2.29. The summed E-state index contributed by atoms with van der Waals surface area (Å²) in [7, 11) is 0. The number of carbonyl (C=O) groups excluding carboxylic acids is 3. The Morgan fingerprint density at radius 2 is 2.04 bits per heavy atom. The van der Waals surface area contributed by atoms with Crippen LogP contribution in [0.15, 0.2) is 47.1 Å². The predicted octanol–water partition coefficient (Wildman–Crippen LogP) is 2.29. The molecule has 1 aromatic carbocycles. The molecule has 10 heteroatoms. The number of carbonyl (C=O) groups is 3. The number of halogens is 2. The molecule has 8 nitrogen and oxygen atoms in total. The fraction of sp³-hybridized carbons (Fsp3) is 0.235. The molecular weight excluding hydrogens is 364 g/mol. The number of alkyl halides is 2. The molecule has 0 spiro atoms. The third-order valence-electron chi connectivity index (χ3n) is 3.97. The average molecular weight is 379 g/mol. The van der Waals surface area contributed by atoms with Gasteiger partial charge in [-0.3, -0.25) is 14.5 Å². The fourth-order valence-electron chi connectivity index (χ4n) is 2.67. The minimum absolute atomic E-state index is 0.0105. The number of nitrogens with zero attached hydrogens (tertiary/aromatic N) is 1. The van der Waals surface area contributed by atoms with E-state index in [1.807, 2.05) is 0 Å². The zero-order chi connectivity index (χ0) is 19.6. The summed E-state index contributed by atoms with van der Waals surface area (Å²) in [6.07, 6.45) is 1.36. The molecular formula is C17H15F2N3O5. The Hall–Kier alpha value is -3.43. The maximum atomic E-state index is 12.6. The number of rotatable bonds is 6. The Bertz CT molecular complexity index is 871. The Morgan fingerprint density at radius 3 is 2.70 bits per heavy atom. The average Bonchev–Trinajstić information content (AvgIpc) is 3.21. The van der Waals surface area contributed by atoms with Crippen LogP contribution in [0.4, 0.5) is 19.3 Å².